The number of aromatic amines is 1. The third-order valence-electron chi connectivity index (χ3n) is 12.9. The van der Waals surface area contributed by atoms with Gasteiger partial charge in [0, 0.05) is 37.9 Å². The quantitative estimate of drug-likeness (QED) is 0.0128. The molecule has 0 aliphatic carbocycles. The van der Waals surface area contributed by atoms with E-state index in [1.54, 1.807) is 13.8 Å². The maximum Gasteiger partial charge on any atom is 0.326 e. The Balaban J connectivity index is 2.34. The summed E-state index contributed by atoms with van der Waals surface area (Å²) in [6.07, 6.45) is 5.50. The summed E-state index contributed by atoms with van der Waals surface area (Å²) < 4.78 is 0. The van der Waals surface area contributed by atoms with E-state index in [0.717, 1.165) is 0 Å². The zero-order valence-corrected chi connectivity index (χ0v) is 45.9. The molecule has 9 amide bonds. The number of carbonyl (C=O) groups is 10. The number of likely N-dealkylation sites (tertiary alicyclic amines) is 1. The number of aliphatic hydroxyl groups excluding tert-OH is 1. The second kappa shape index (κ2) is 36.7. The molecule has 0 aromatic carbocycles. The number of aromatic nitrogens is 2. The molecule has 0 unspecified atom stereocenters. The van der Waals surface area contributed by atoms with Gasteiger partial charge in [-0.15, -0.1) is 0 Å². The lowest BCUT2D eigenvalue weighted by atomic mass is 9.99. The van der Waals surface area contributed by atoms with Crippen LogP contribution in [0.3, 0.4) is 0 Å². The summed E-state index contributed by atoms with van der Waals surface area (Å²) in [5, 5.41) is 47.7. The Labute approximate surface area is 464 Å². The Morgan fingerprint density at radius 3 is 2.11 bits per heavy atom. The van der Waals surface area contributed by atoms with Gasteiger partial charge in [-0.2, -0.15) is 0 Å². The number of aliphatic hydroxyl groups is 1. The Morgan fingerprint density at radius 1 is 0.838 bits per heavy atom. The van der Waals surface area contributed by atoms with Crippen LogP contribution in [0.1, 0.15) is 104 Å². The number of unbranched alkanes of at least 4 members (excludes halogenated alkanes) is 2. The Hall–Kier alpha value is -7.45. The number of nitrogens with zero attached hydrogens (tertiary/aromatic N) is 3. The van der Waals surface area contributed by atoms with Crippen molar-refractivity contribution in [1.82, 2.24) is 57.4 Å². The van der Waals surface area contributed by atoms with Gasteiger partial charge in [0.2, 0.25) is 35.4 Å². The van der Waals surface area contributed by atoms with Crippen LogP contribution in [0.2, 0.25) is 0 Å². The van der Waals surface area contributed by atoms with E-state index in [1.807, 2.05) is 0 Å². The molecule has 1 saturated heterocycles. The van der Waals surface area contributed by atoms with E-state index >= 15 is 0 Å². The van der Waals surface area contributed by atoms with E-state index in [-0.39, 0.29) is 88.5 Å². The highest BCUT2D eigenvalue weighted by Gasteiger charge is 2.39. The zero-order chi connectivity index (χ0) is 59.9. The van der Waals surface area contributed by atoms with Crippen LogP contribution in [0.4, 0.5) is 0 Å². The zero-order valence-electron chi connectivity index (χ0n) is 45.9. The average molecular weight is 1130 g/mol. The smallest absolute Gasteiger partial charge is 0.326 e. The number of amides is 9. The van der Waals surface area contributed by atoms with Crippen molar-refractivity contribution in [2.45, 2.75) is 153 Å². The van der Waals surface area contributed by atoms with E-state index in [9.17, 15) is 58.2 Å². The van der Waals surface area contributed by atoms with Crippen molar-refractivity contribution < 1.29 is 58.2 Å². The second-order valence-electron chi connectivity index (χ2n) is 19.2. The first kappa shape index (κ1) is 68.7. The van der Waals surface area contributed by atoms with Gasteiger partial charge in [-0.25, -0.2) is 14.8 Å². The van der Waals surface area contributed by atoms with Gasteiger partial charge in [-0.3, -0.25) is 48.6 Å². The molecule has 2 heterocycles. The molecule has 2 rings (SSSR count). The minimum atomic E-state index is -1.58. The lowest BCUT2D eigenvalue weighted by Gasteiger charge is -2.28. The largest absolute Gasteiger partial charge is 0.480 e. The van der Waals surface area contributed by atoms with Crippen molar-refractivity contribution in [3.05, 3.63) is 30.0 Å². The van der Waals surface area contributed by atoms with Gasteiger partial charge in [0.05, 0.1) is 25.0 Å². The number of carbonyl (C=O) groups excluding carboxylic acids is 9. The number of guanidine groups is 1. The van der Waals surface area contributed by atoms with E-state index in [1.165, 1.54) is 30.4 Å². The normalized spacial score (nSPS) is 16.5. The number of H-pyrrole nitrogens is 1. The number of rotatable bonds is 37. The van der Waals surface area contributed by atoms with Crippen molar-refractivity contribution in [2.75, 3.05) is 45.8 Å². The van der Waals surface area contributed by atoms with Crippen LogP contribution in [-0.2, 0) is 54.4 Å². The van der Waals surface area contributed by atoms with Crippen LogP contribution in [0.25, 0.3) is 0 Å². The molecule has 1 fully saturated rings. The van der Waals surface area contributed by atoms with Gasteiger partial charge in [0.25, 0.3) is 17.7 Å². The number of hydrogen-bond acceptors (Lipinski definition) is 18. The fourth-order valence-corrected chi connectivity index (χ4v) is 8.05. The first-order valence-corrected chi connectivity index (χ1v) is 26.8. The monoisotopic (exact) mass is 1130 g/mol. The molecule has 0 saturated carbocycles. The molecule has 0 bridgehead atoms. The molecule has 80 heavy (non-hydrogen) atoms. The van der Waals surface area contributed by atoms with Crippen molar-refractivity contribution in [3.8, 4) is 0 Å². The number of carboxylic acids is 1. The third kappa shape index (κ3) is 23.9. The molecule has 0 spiro atoms. The summed E-state index contributed by atoms with van der Waals surface area (Å²) in [5.74, 6) is -9.92. The van der Waals surface area contributed by atoms with Gasteiger partial charge < -0.3 is 97.0 Å². The van der Waals surface area contributed by atoms with Gasteiger partial charge in [-0.1, -0.05) is 32.8 Å². The van der Waals surface area contributed by atoms with Crippen LogP contribution in [-0.4, -0.2) is 190 Å². The Bertz CT molecular complexity index is 2300. The van der Waals surface area contributed by atoms with Crippen LogP contribution in [0.5, 0.6) is 0 Å². The van der Waals surface area contributed by atoms with Crippen molar-refractivity contribution in [3.63, 3.8) is 0 Å². The number of imidazole rings is 1. The van der Waals surface area contributed by atoms with E-state index in [0.29, 0.717) is 50.8 Å². The van der Waals surface area contributed by atoms with Crippen LogP contribution in [0, 0.1) is 11.3 Å². The minimum Gasteiger partial charge on any atom is -0.480 e. The third-order valence-corrected chi connectivity index (χ3v) is 12.9. The standard InChI is InChI=1S/C49H85N19O12/c1-4-27(2)38(48(79)80)66-43(74)32(15-10-20-58-49(55)56)63-42(73)31(13-6-8-18-51)64-44(75)34(22-29-24-57-26-60-29)65-45(76)35-16-11-21-68(35)47(78)33(14-9-19-52)62-37(70)25-59-40(71)28(3)61-46(77)39(36(69)23-53)67-41(72)30(54)12-5-7-17-50/h15,24,26-28,30-31,34-36,38-39,69H,4-14,16-23,25,50-54H2,1-3H3,(H,57,60)(H,59,71)(H,61,77)(H,63,73)(H,64,75)(H,65,76)(H,66,74)(H,67,72)(H,79,80)(H4,55,56,58)/b32-15-,62-33+/t27-,28-,30-,31-,34-,35-,36-,38-,39-/m0/s1. The van der Waals surface area contributed by atoms with Crippen molar-refractivity contribution >= 4 is 70.8 Å². The maximum atomic E-state index is 14.3. The molecular weight excluding hydrogens is 1050 g/mol. The first-order chi connectivity index (χ1) is 38.0. The number of carboxylic acid groups (broad SMARTS) is 1. The van der Waals surface area contributed by atoms with Crippen LogP contribution < -0.4 is 76.9 Å². The molecule has 31 nitrogen and oxygen atoms in total. The fraction of sp³-hybridized carbons (Fsp3) is 0.653. The summed E-state index contributed by atoms with van der Waals surface area (Å²) in [5.41, 5.74) is 33.7. The topological polar surface area (TPSA) is 532 Å². The molecule has 1 aromatic rings. The number of aliphatic imine (C=N–C) groups is 1. The van der Waals surface area contributed by atoms with Gasteiger partial charge in [-0.05, 0) is 96.7 Å². The highest BCUT2D eigenvalue weighted by molar-refractivity contribution is 6.40. The predicted molar refractivity (Wildman–Crippen MR) is 293 cm³/mol. The molecular formula is C49H85N19O12. The molecule has 31 heteroatoms. The van der Waals surface area contributed by atoms with Gasteiger partial charge in [0.1, 0.15) is 47.7 Å². The Kier molecular flexibility index (Phi) is 31.5. The summed E-state index contributed by atoms with van der Waals surface area (Å²) in [6.45, 7) is 4.31. The first-order valence-electron chi connectivity index (χ1n) is 26.8. The van der Waals surface area contributed by atoms with Crippen LogP contribution in [0.15, 0.2) is 29.3 Å². The molecule has 1 aliphatic rings. The number of nitrogens with one attached hydrogen (secondary N) is 10. The van der Waals surface area contributed by atoms with Crippen molar-refractivity contribution in [1.29, 1.82) is 5.41 Å². The summed E-state index contributed by atoms with van der Waals surface area (Å²) in [4.78, 5) is 147. The number of nitrogens with two attached hydrogens (primary N) is 6. The highest BCUT2D eigenvalue weighted by atomic mass is 16.4. The molecule has 448 valence electrons. The summed E-state index contributed by atoms with van der Waals surface area (Å²) >= 11 is 0. The van der Waals surface area contributed by atoms with Gasteiger partial charge >= 0.3 is 5.97 Å². The lowest BCUT2D eigenvalue weighted by Crippen LogP contribution is -2.60. The second-order valence-corrected chi connectivity index (χ2v) is 19.2. The predicted octanol–water partition coefficient (Wildman–Crippen LogP) is -5.88. The number of hydrogen-bond donors (Lipinski definition) is 18. The van der Waals surface area contributed by atoms with Gasteiger partial charge in [0.15, 0.2) is 5.96 Å². The summed E-state index contributed by atoms with van der Waals surface area (Å²) in [6, 6.07) is -9.17. The fourth-order valence-electron chi connectivity index (χ4n) is 8.05. The number of aliphatic carboxylic acids is 1. The van der Waals surface area contributed by atoms with E-state index in [2.05, 4.69) is 57.5 Å². The van der Waals surface area contributed by atoms with E-state index in [4.69, 9.17) is 39.8 Å². The minimum absolute atomic E-state index is 0.00694. The molecule has 1 aromatic heterocycles. The van der Waals surface area contributed by atoms with Crippen LogP contribution >= 0.6 is 0 Å². The average Bonchev–Trinajstić information content (AvgIpc) is 4.15. The molecule has 0 radical (unpaired) electrons. The lowest BCUT2D eigenvalue weighted by molar-refractivity contribution is -0.143. The molecule has 24 N–H and O–H groups in total. The van der Waals surface area contributed by atoms with E-state index < -0.39 is 127 Å². The van der Waals surface area contributed by atoms with Crippen molar-refractivity contribution in [2.24, 2.45) is 45.3 Å². The molecule has 1 aliphatic heterocycles. The Morgan fingerprint density at radius 2 is 1.51 bits per heavy atom. The highest BCUT2D eigenvalue weighted by Crippen LogP contribution is 2.20. The SMILES string of the molecule is CC[C@H](C)[C@H](NC(=O)/C(=C/CCNC(=N)N)NC(=O)[C@H](CCCCN)NC(=O)[C@H](Cc1cnc[nH]1)NC(=O)[C@@H]1CCCN1C(=O)/C(CCCN)=N/C(=O)CNC(=O)[C@H](C)NC(=O)[C@@H](NC(=O)[C@@H](N)CCCCN)[C@@H](O)CN)C(=O)O. The summed E-state index contributed by atoms with van der Waals surface area (Å²) in [7, 11) is 0. The maximum absolute atomic E-state index is 14.3. The molecule has 9 atom stereocenters.